The van der Waals surface area contributed by atoms with Crippen LogP contribution >= 0.6 is 15.9 Å². The number of hydrogen-bond acceptors (Lipinski definition) is 3. The summed E-state index contributed by atoms with van der Waals surface area (Å²) in [5.41, 5.74) is -0.704. The summed E-state index contributed by atoms with van der Waals surface area (Å²) in [5, 5.41) is 0. The van der Waals surface area contributed by atoms with Gasteiger partial charge in [0.1, 0.15) is 6.10 Å². The van der Waals surface area contributed by atoms with Gasteiger partial charge < -0.3 is 9.47 Å². The molecule has 1 unspecified atom stereocenters. The Balaban J connectivity index is 2.30. The molecule has 1 fully saturated rings. The molecular formula is C10H9BrF3NO2. The maximum Gasteiger partial charge on any atom is 0.434 e. The Labute approximate surface area is 104 Å². The van der Waals surface area contributed by atoms with E-state index in [4.69, 9.17) is 9.47 Å². The Morgan fingerprint density at radius 1 is 1.29 bits per heavy atom. The van der Waals surface area contributed by atoms with Crippen LogP contribution in [-0.4, -0.2) is 24.8 Å². The SMILES string of the molecule is FC(F)(F)c1nc(C2COCCO2)ccc1Br. The van der Waals surface area contributed by atoms with Crippen molar-refractivity contribution in [2.75, 3.05) is 19.8 Å². The molecule has 17 heavy (non-hydrogen) atoms. The molecule has 0 N–H and O–H groups in total. The third-order valence-electron chi connectivity index (χ3n) is 2.28. The minimum absolute atomic E-state index is 0.0783. The van der Waals surface area contributed by atoms with Crippen LogP contribution in [0.4, 0.5) is 13.2 Å². The number of alkyl halides is 3. The summed E-state index contributed by atoms with van der Waals surface area (Å²) in [5.74, 6) is 0. The zero-order valence-electron chi connectivity index (χ0n) is 8.63. The average Bonchev–Trinajstić information content (AvgIpc) is 2.29. The van der Waals surface area contributed by atoms with Gasteiger partial charge in [-0.05, 0) is 28.1 Å². The van der Waals surface area contributed by atoms with E-state index in [1.165, 1.54) is 12.1 Å². The molecule has 3 nitrogen and oxygen atoms in total. The third-order valence-corrected chi connectivity index (χ3v) is 2.92. The van der Waals surface area contributed by atoms with Crippen LogP contribution in [-0.2, 0) is 15.7 Å². The van der Waals surface area contributed by atoms with Crippen molar-refractivity contribution in [2.24, 2.45) is 0 Å². The first-order chi connectivity index (χ1) is 7.98. The zero-order chi connectivity index (χ0) is 12.5. The van der Waals surface area contributed by atoms with Crippen LogP contribution in [0.25, 0.3) is 0 Å². The number of pyridine rings is 1. The Morgan fingerprint density at radius 2 is 2.06 bits per heavy atom. The maximum atomic E-state index is 12.6. The monoisotopic (exact) mass is 311 g/mol. The molecule has 94 valence electrons. The lowest BCUT2D eigenvalue weighted by Crippen LogP contribution is -2.23. The second-order valence-corrected chi connectivity index (χ2v) is 4.35. The number of nitrogens with zero attached hydrogens (tertiary/aromatic N) is 1. The first-order valence-electron chi connectivity index (χ1n) is 4.91. The van der Waals surface area contributed by atoms with Crippen LogP contribution in [0.2, 0.25) is 0 Å². The van der Waals surface area contributed by atoms with Crippen molar-refractivity contribution in [3.05, 3.63) is 28.0 Å². The Bertz CT molecular complexity index is 405. The van der Waals surface area contributed by atoms with Gasteiger partial charge in [-0.25, -0.2) is 4.98 Å². The van der Waals surface area contributed by atoms with E-state index in [0.29, 0.717) is 13.2 Å². The lowest BCUT2D eigenvalue weighted by Gasteiger charge is -2.23. The van der Waals surface area contributed by atoms with E-state index < -0.39 is 18.0 Å². The Hall–Kier alpha value is -0.660. The topological polar surface area (TPSA) is 31.4 Å². The Morgan fingerprint density at radius 3 is 2.65 bits per heavy atom. The standard InChI is InChI=1S/C10H9BrF3NO2/c11-6-1-2-7(8-5-16-3-4-17-8)15-9(6)10(12,13)14/h1-2,8H,3-5H2. The second-order valence-electron chi connectivity index (χ2n) is 3.50. The van der Waals surface area contributed by atoms with Crippen molar-refractivity contribution >= 4 is 15.9 Å². The largest absolute Gasteiger partial charge is 0.434 e. The van der Waals surface area contributed by atoms with Gasteiger partial charge in [0.25, 0.3) is 0 Å². The first kappa shape index (κ1) is 12.8. The predicted octanol–water partition coefficient (Wildman–Crippen LogP) is 2.95. The van der Waals surface area contributed by atoms with Crippen molar-refractivity contribution in [1.29, 1.82) is 0 Å². The molecule has 1 aliphatic heterocycles. The van der Waals surface area contributed by atoms with E-state index in [0.717, 1.165) is 0 Å². The van der Waals surface area contributed by atoms with Gasteiger partial charge in [0, 0.05) is 4.47 Å². The van der Waals surface area contributed by atoms with Gasteiger partial charge in [-0.15, -0.1) is 0 Å². The molecule has 0 bridgehead atoms. The fourth-order valence-electron chi connectivity index (χ4n) is 1.49. The number of hydrogen-bond donors (Lipinski definition) is 0. The molecule has 0 aliphatic carbocycles. The molecule has 1 atom stereocenters. The molecule has 1 aromatic heterocycles. The normalized spacial score (nSPS) is 21.5. The third kappa shape index (κ3) is 2.97. The highest BCUT2D eigenvalue weighted by Gasteiger charge is 2.36. The molecule has 0 amide bonds. The lowest BCUT2D eigenvalue weighted by atomic mass is 10.2. The predicted molar refractivity (Wildman–Crippen MR) is 56.5 cm³/mol. The number of ether oxygens (including phenoxy) is 2. The van der Waals surface area contributed by atoms with Crippen LogP contribution in [0.5, 0.6) is 0 Å². The number of aromatic nitrogens is 1. The van der Waals surface area contributed by atoms with Gasteiger partial charge in [-0.2, -0.15) is 13.2 Å². The van der Waals surface area contributed by atoms with Gasteiger partial charge in [-0.1, -0.05) is 0 Å². The summed E-state index contributed by atoms with van der Waals surface area (Å²) >= 11 is 2.84. The van der Waals surface area contributed by atoms with E-state index in [-0.39, 0.29) is 16.8 Å². The van der Waals surface area contributed by atoms with E-state index in [1.54, 1.807) is 0 Å². The molecular weight excluding hydrogens is 303 g/mol. The summed E-state index contributed by atoms with van der Waals surface area (Å²) in [6.45, 7) is 1.05. The molecule has 0 saturated carbocycles. The Kier molecular flexibility index (Phi) is 3.70. The van der Waals surface area contributed by atoms with Gasteiger partial charge in [0.15, 0.2) is 5.69 Å². The molecule has 0 spiro atoms. The molecule has 2 heterocycles. The molecule has 0 aromatic carbocycles. The van der Waals surface area contributed by atoms with Crippen LogP contribution in [0.1, 0.15) is 17.5 Å². The van der Waals surface area contributed by atoms with Crippen LogP contribution in [0.15, 0.2) is 16.6 Å². The van der Waals surface area contributed by atoms with Crippen molar-refractivity contribution in [3.63, 3.8) is 0 Å². The van der Waals surface area contributed by atoms with E-state index in [1.807, 2.05) is 0 Å². The first-order valence-corrected chi connectivity index (χ1v) is 5.71. The van der Waals surface area contributed by atoms with Crippen LogP contribution in [0.3, 0.4) is 0 Å². The smallest absolute Gasteiger partial charge is 0.376 e. The minimum atomic E-state index is -4.48. The van der Waals surface area contributed by atoms with Crippen molar-refractivity contribution < 1.29 is 22.6 Å². The fourth-order valence-corrected chi connectivity index (χ4v) is 1.94. The van der Waals surface area contributed by atoms with Gasteiger partial charge >= 0.3 is 6.18 Å². The summed E-state index contributed by atoms with van der Waals surface area (Å²) in [4.78, 5) is 3.59. The van der Waals surface area contributed by atoms with E-state index >= 15 is 0 Å². The molecule has 2 rings (SSSR count). The van der Waals surface area contributed by atoms with Gasteiger partial charge in [0.05, 0.1) is 25.5 Å². The van der Waals surface area contributed by atoms with Crippen LogP contribution in [0, 0.1) is 0 Å². The van der Waals surface area contributed by atoms with Gasteiger partial charge in [-0.3, -0.25) is 0 Å². The highest BCUT2D eigenvalue weighted by Crippen LogP contribution is 2.34. The molecule has 7 heteroatoms. The molecule has 1 aliphatic rings. The highest BCUT2D eigenvalue weighted by molar-refractivity contribution is 9.10. The molecule has 1 aromatic rings. The van der Waals surface area contributed by atoms with E-state index in [2.05, 4.69) is 20.9 Å². The fraction of sp³-hybridized carbons (Fsp3) is 0.500. The quantitative estimate of drug-likeness (QED) is 0.799. The maximum absolute atomic E-state index is 12.6. The summed E-state index contributed by atoms with van der Waals surface area (Å²) in [6.07, 6.45) is -5.01. The minimum Gasteiger partial charge on any atom is -0.376 e. The average molecular weight is 312 g/mol. The highest BCUT2D eigenvalue weighted by atomic mass is 79.9. The van der Waals surface area contributed by atoms with Crippen molar-refractivity contribution in [2.45, 2.75) is 12.3 Å². The van der Waals surface area contributed by atoms with Crippen molar-refractivity contribution in [1.82, 2.24) is 4.98 Å². The second kappa shape index (κ2) is 4.91. The molecule has 1 saturated heterocycles. The summed E-state index contributed by atoms with van der Waals surface area (Å²) in [6, 6.07) is 2.82. The summed E-state index contributed by atoms with van der Waals surface area (Å²) in [7, 11) is 0. The molecule has 0 radical (unpaired) electrons. The lowest BCUT2D eigenvalue weighted by molar-refractivity contribution is -0.142. The number of rotatable bonds is 1. The van der Waals surface area contributed by atoms with Crippen molar-refractivity contribution in [3.8, 4) is 0 Å². The van der Waals surface area contributed by atoms with Gasteiger partial charge in [0.2, 0.25) is 0 Å². The number of halogens is 4. The zero-order valence-corrected chi connectivity index (χ0v) is 10.2. The summed E-state index contributed by atoms with van der Waals surface area (Å²) < 4.78 is 48.3. The van der Waals surface area contributed by atoms with Crippen LogP contribution < -0.4 is 0 Å². The van der Waals surface area contributed by atoms with E-state index in [9.17, 15) is 13.2 Å².